The number of carbonyl (C=O) groups is 1. The maximum absolute atomic E-state index is 12.2. The van der Waals surface area contributed by atoms with Crippen LogP contribution in [0.25, 0.3) is 0 Å². The van der Waals surface area contributed by atoms with Crippen molar-refractivity contribution in [2.45, 2.75) is 19.4 Å². The van der Waals surface area contributed by atoms with E-state index in [1.165, 1.54) is 0 Å². The van der Waals surface area contributed by atoms with Crippen LogP contribution in [-0.4, -0.2) is 55.3 Å². The van der Waals surface area contributed by atoms with Gasteiger partial charge in [-0.3, -0.25) is 4.79 Å². The molecule has 1 N–H and O–H groups in total. The number of nitrogens with zero attached hydrogens (tertiary/aromatic N) is 3. The Hall–Kier alpha value is -1.41. The third-order valence-corrected chi connectivity index (χ3v) is 3.67. The van der Waals surface area contributed by atoms with E-state index in [2.05, 4.69) is 31.2 Å². The number of hydrogen-bond acceptors (Lipinski definition) is 6. The maximum Gasteiger partial charge on any atom is 0.245 e. The molecule has 1 fully saturated rings. The van der Waals surface area contributed by atoms with E-state index in [-0.39, 0.29) is 5.91 Å². The highest BCUT2D eigenvalue weighted by Gasteiger charge is 2.31. The zero-order chi connectivity index (χ0) is 15.2. The van der Waals surface area contributed by atoms with Crippen LogP contribution in [0.2, 0.25) is 0 Å². The molecule has 8 heteroatoms. The lowest BCUT2D eigenvalue weighted by Crippen LogP contribution is -2.54. The fraction of sp³-hybridized carbons (Fsp3) is 0.615. The third kappa shape index (κ3) is 3.82. The molecule has 1 aliphatic rings. The Morgan fingerprint density at radius 1 is 1.67 bits per heavy atom. The number of aromatic nitrogens is 2. The lowest BCUT2D eigenvalue weighted by atomic mass is 10.2. The molecule has 1 aromatic heterocycles. The number of methoxy groups -OCH3 is 1. The molecule has 0 aromatic carbocycles. The van der Waals surface area contributed by atoms with E-state index in [0.717, 1.165) is 6.42 Å². The van der Waals surface area contributed by atoms with E-state index in [1.54, 1.807) is 13.3 Å². The van der Waals surface area contributed by atoms with E-state index in [1.807, 2.05) is 11.8 Å². The minimum atomic E-state index is -0.420. The average Bonchev–Trinajstić information content (AvgIpc) is 2.53. The Morgan fingerprint density at radius 3 is 3.19 bits per heavy atom. The number of rotatable bonds is 5. The van der Waals surface area contributed by atoms with Gasteiger partial charge in [0.05, 0.1) is 31.0 Å². The topological polar surface area (TPSA) is 76.6 Å². The van der Waals surface area contributed by atoms with Gasteiger partial charge < -0.3 is 19.7 Å². The SMILES string of the molecule is CCCNC(=O)C1COCCN1c1ncc(Br)c(OC)n1. The van der Waals surface area contributed by atoms with E-state index < -0.39 is 6.04 Å². The molecular formula is C13H19BrN4O3. The van der Waals surface area contributed by atoms with Crippen molar-refractivity contribution in [2.75, 3.05) is 38.3 Å². The first kappa shape index (κ1) is 16.0. The van der Waals surface area contributed by atoms with Gasteiger partial charge in [0.15, 0.2) is 0 Å². The first-order chi connectivity index (χ1) is 10.2. The minimum absolute atomic E-state index is 0.0676. The Labute approximate surface area is 132 Å². The smallest absolute Gasteiger partial charge is 0.245 e. The maximum atomic E-state index is 12.2. The van der Waals surface area contributed by atoms with Crippen molar-refractivity contribution in [3.8, 4) is 5.88 Å². The molecule has 0 radical (unpaired) electrons. The molecule has 0 saturated carbocycles. The van der Waals surface area contributed by atoms with Crippen molar-refractivity contribution in [1.82, 2.24) is 15.3 Å². The van der Waals surface area contributed by atoms with Crippen LogP contribution in [0.4, 0.5) is 5.95 Å². The normalized spacial score (nSPS) is 18.4. The lowest BCUT2D eigenvalue weighted by Gasteiger charge is -2.34. The molecule has 1 atom stereocenters. The van der Waals surface area contributed by atoms with Crippen LogP contribution >= 0.6 is 15.9 Å². The molecule has 2 rings (SSSR count). The van der Waals surface area contributed by atoms with Crippen LogP contribution in [0.1, 0.15) is 13.3 Å². The fourth-order valence-electron chi connectivity index (χ4n) is 2.05. The zero-order valence-electron chi connectivity index (χ0n) is 12.1. The summed E-state index contributed by atoms with van der Waals surface area (Å²) in [6.45, 7) is 4.09. The second-order valence-corrected chi connectivity index (χ2v) is 5.46. The molecular weight excluding hydrogens is 340 g/mol. The quantitative estimate of drug-likeness (QED) is 0.845. The summed E-state index contributed by atoms with van der Waals surface area (Å²) in [5.74, 6) is 0.844. The molecule has 21 heavy (non-hydrogen) atoms. The predicted octanol–water partition coefficient (Wildman–Crippen LogP) is 0.979. The summed E-state index contributed by atoms with van der Waals surface area (Å²) in [6.07, 6.45) is 2.51. The standard InChI is InChI=1S/C13H19BrN4O3/c1-3-4-15-11(19)10-8-21-6-5-18(10)13-16-7-9(14)12(17-13)20-2/h7,10H,3-6,8H2,1-2H3,(H,15,19). The van der Waals surface area contributed by atoms with E-state index in [4.69, 9.17) is 9.47 Å². The number of anilines is 1. The van der Waals surface area contributed by atoms with Crippen molar-refractivity contribution in [3.05, 3.63) is 10.7 Å². The van der Waals surface area contributed by atoms with Gasteiger partial charge in [-0.25, -0.2) is 4.98 Å². The highest BCUT2D eigenvalue weighted by molar-refractivity contribution is 9.10. The molecule has 116 valence electrons. The summed E-state index contributed by atoms with van der Waals surface area (Å²) < 4.78 is 11.3. The number of morpholine rings is 1. The number of nitrogens with one attached hydrogen (secondary N) is 1. The van der Waals surface area contributed by atoms with Gasteiger partial charge in [-0.05, 0) is 22.4 Å². The van der Waals surface area contributed by atoms with Crippen LogP contribution in [0.5, 0.6) is 5.88 Å². The third-order valence-electron chi connectivity index (χ3n) is 3.13. The summed E-state index contributed by atoms with van der Waals surface area (Å²) in [5, 5.41) is 2.89. The number of hydrogen-bond donors (Lipinski definition) is 1. The molecule has 7 nitrogen and oxygen atoms in total. The van der Waals surface area contributed by atoms with Crippen molar-refractivity contribution in [2.24, 2.45) is 0 Å². The largest absolute Gasteiger partial charge is 0.480 e. The molecule has 1 aliphatic heterocycles. The van der Waals surface area contributed by atoms with Crippen molar-refractivity contribution >= 4 is 27.8 Å². The Morgan fingerprint density at radius 2 is 2.48 bits per heavy atom. The Kier molecular flexibility index (Phi) is 5.75. The highest BCUT2D eigenvalue weighted by Crippen LogP contribution is 2.25. The van der Waals surface area contributed by atoms with Gasteiger partial charge in [0.25, 0.3) is 0 Å². The van der Waals surface area contributed by atoms with Gasteiger partial charge in [-0.2, -0.15) is 4.98 Å². The van der Waals surface area contributed by atoms with Crippen molar-refractivity contribution in [1.29, 1.82) is 0 Å². The van der Waals surface area contributed by atoms with Crippen LogP contribution in [0, 0.1) is 0 Å². The predicted molar refractivity (Wildman–Crippen MR) is 81.5 cm³/mol. The van der Waals surface area contributed by atoms with Crippen LogP contribution in [0.3, 0.4) is 0 Å². The van der Waals surface area contributed by atoms with Crippen molar-refractivity contribution < 1.29 is 14.3 Å². The molecule has 1 aromatic rings. The minimum Gasteiger partial charge on any atom is -0.480 e. The molecule has 0 spiro atoms. The van der Waals surface area contributed by atoms with Gasteiger partial charge in [0.2, 0.25) is 17.7 Å². The number of carbonyl (C=O) groups excluding carboxylic acids is 1. The monoisotopic (exact) mass is 358 g/mol. The lowest BCUT2D eigenvalue weighted by molar-refractivity contribution is -0.124. The summed E-state index contributed by atoms with van der Waals surface area (Å²) in [7, 11) is 1.54. The molecule has 1 saturated heterocycles. The summed E-state index contributed by atoms with van der Waals surface area (Å²) >= 11 is 3.32. The van der Waals surface area contributed by atoms with E-state index in [0.29, 0.717) is 42.6 Å². The van der Waals surface area contributed by atoms with Gasteiger partial charge in [-0.15, -0.1) is 0 Å². The summed E-state index contributed by atoms with van der Waals surface area (Å²) in [6, 6.07) is -0.420. The molecule has 1 amide bonds. The van der Waals surface area contributed by atoms with Crippen LogP contribution < -0.4 is 15.0 Å². The van der Waals surface area contributed by atoms with Crippen LogP contribution in [0.15, 0.2) is 10.7 Å². The molecule has 1 unspecified atom stereocenters. The van der Waals surface area contributed by atoms with E-state index >= 15 is 0 Å². The van der Waals surface area contributed by atoms with Gasteiger partial charge in [-0.1, -0.05) is 6.92 Å². The van der Waals surface area contributed by atoms with Gasteiger partial charge >= 0.3 is 0 Å². The van der Waals surface area contributed by atoms with Gasteiger partial charge in [0.1, 0.15) is 6.04 Å². The summed E-state index contributed by atoms with van der Waals surface area (Å²) in [4.78, 5) is 22.7. The highest BCUT2D eigenvalue weighted by atomic mass is 79.9. The molecule has 2 heterocycles. The number of amides is 1. The first-order valence-corrected chi connectivity index (χ1v) is 7.65. The van der Waals surface area contributed by atoms with Gasteiger partial charge in [0, 0.05) is 13.1 Å². The average molecular weight is 359 g/mol. The van der Waals surface area contributed by atoms with Crippen molar-refractivity contribution in [3.63, 3.8) is 0 Å². The number of halogens is 1. The zero-order valence-corrected chi connectivity index (χ0v) is 13.7. The molecule has 0 bridgehead atoms. The Balaban J connectivity index is 2.20. The Bertz CT molecular complexity index is 500. The van der Waals surface area contributed by atoms with E-state index in [9.17, 15) is 4.79 Å². The second-order valence-electron chi connectivity index (χ2n) is 4.60. The first-order valence-electron chi connectivity index (χ1n) is 6.86. The summed E-state index contributed by atoms with van der Waals surface area (Å²) in [5.41, 5.74) is 0. The fourth-order valence-corrected chi connectivity index (χ4v) is 2.40. The molecule has 0 aliphatic carbocycles. The number of ether oxygens (including phenoxy) is 2. The second kappa shape index (κ2) is 7.56. The van der Waals surface area contributed by atoms with Crippen LogP contribution in [-0.2, 0) is 9.53 Å².